The summed E-state index contributed by atoms with van der Waals surface area (Å²) in [6.45, 7) is 6.88. The Morgan fingerprint density at radius 1 is 1.00 bits per heavy atom. The fraction of sp³-hybridized carbons (Fsp3) is 0.576. The minimum atomic E-state index is -0.918. The van der Waals surface area contributed by atoms with Gasteiger partial charge in [0.25, 0.3) is 11.8 Å². The number of likely N-dealkylation sites (tertiary alicyclic amines) is 1. The number of anilines is 2. The lowest BCUT2D eigenvalue weighted by Crippen LogP contribution is -2.68. The van der Waals surface area contributed by atoms with Gasteiger partial charge in [-0.25, -0.2) is 14.8 Å². The summed E-state index contributed by atoms with van der Waals surface area (Å²) in [5.41, 5.74) is 0.828. The quantitative estimate of drug-likeness (QED) is 0.356. The van der Waals surface area contributed by atoms with E-state index in [1.165, 1.54) is 12.8 Å². The smallest absolute Gasteiger partial charge is 0.408 e. The van der Waals surface area contributed by atoms with Gasteiger partial charge in [-0.1, -0.05) is 46.5 Å². The third kappa shape index (κ3) is 5.48. The van der Waals surface area contributed by atoms with E-state index in [2.05, 4.69) is 40.6 Å². The summed E-state index contributed by atoms with van der Waals surface area (Å²) in [7, 11) is 3.53. The molecule has 45 heavy (non-hydrogen) atoms. The van der Waals surface area contributed by atoms with E-state index in [0.29, 0.717) is 36.1 Å². The average molecular weight is 617 g/mol. The van der Waals surface area contributed by atoms with Gasteiger partial charge in [0.2, 0.25) is 5.95 Å². The maximum Gasteiger partial charge on any atom is 0.408 e. The maximum atomic E-state index is 13.6. The summed E-state index contributed by atoms with van der Waals surface area (Å²) in [4.78, 5) is 57.9. The maximum absolute atomic E-state index is 13.6. The largest absolute Gasteiger partial charge is 0.465 e. The first-order chi connectivity index (χ1) is 21.4. The summed E-state index contributed by atoms with van der Waals surface area (Å²) >= 11 is 0. The third-order valence-corrected chi connectivity index (χ3v) is 10.1. The molecule has 2 saturated heterocycles. The number of nitrogens with zero attached hydrogens (tertiary/aromatic N) is 7. The fourth-order valence-electron chi connectivity index (χ4n) is 7.67. The van der Waals surface area contributed by atoms with Crippen molar-refractivity contribution in [1.82, 2.24) is 34.2 Å². The Kier molecular flexibility index (Phi) is 7.94. The van der Waals surface area contributed by atoms with Gasteiger partial charge in [0, 0.05) is 51.0 Å². The van der Waals surface area contributed by atoms with E-state index in [0.717, 1.165) is 49.6 Å². The van der Waals surface area contributed by atoms with Crippen LogP contribution in [0, 0.1) is 5.41 Å². The zero-order valence-electron chi connectivity index (χ0n) is 26.9. The van der Waals surface area contributed by atoms with E-state index in [4.69, 9.17) is 4.98 Å². The van der Waals surface area contributed by atoms with Crippen LogP contribution in [-0.2, 0) is 0 Å². The Balaban J connectivity index is 1.23. The molecule has 2 atom stereocenters. The number of carboxylic acid groups (broad SMARTS) is 1. The minimum absolute atomic E-state index is 0.0560. The molecule has 3 aromatic rings. The number of piperazine rings is 1. The second-order valence-electron chi connectivity index (χ2n) is 14.1. The van der Waals surface area contributed by atoms with Gasteiger partial charge in [0.15, 0.2) is 0 Å². The van der Waals surface area contributed by atoms with Gasteiger partial charge < -0.3 is 24.8 Å². The summed E-state index contributed by atoms with van der Waals surface area (Å²) in [5, 5.41) is 14.0. The van der Waals surface area contributed by atoms with E-state index in [9.17, 15) is 19.5 Å². The molecule has 3 amide bonds. The predicted molar refractivity (Wildman–Crippen MR) is 171 cm³/mol. The number of carbonyl (C=O) groups excluding carboxylic acids is 2. The topological polar surface area (TPSA) is 137 Å². The molecule has 3 aliphatic rings. The van der Waals surface area contributed by atoms with Crippen molar-refractivity contribution in [3.63, 3.8) is 0 Å². The Morgan fingerprint density at radius 2 is 1.73 bits per heavy atom. The molecule has 0 spiro atoms. The van der Waals surface area contributed by atoms with Crippen molar-refractivity contribution in [1.29, 1.82) is 0 Å². The van der Waals surface area contributed by atoms with Gasteiger partial charge >= 0.3 is 6.09 Å². The Bertz CT molecular complexity index is 1600. The van der Waals surface area contributed by atoms with Crippen molar-refractivity contribution in [2.45, 2.75) is 89.8 Å². The molecule has 5 heterocycles. The highest BCUT2D eigenvalue weighted by Gasteiger charge is 2.59. The second kappa shape index (κ2) is 11.6. The number of pyridine rings is 1. The molecule has 240 valence electrons. The highest BCUT2D eigenvalue weighted by atomic mass is 16.4. The van der Waals surface area contributed by atoms with Gasteiger partial charge in [-0.3, -0.25) is 14.5 Å². The van der Waals surface area contributed by atoms with Crippen LogP contribution < -0.4 is 5.32 Å². The first-order valence-electron chi connectivity index (χ1n) is 16.0. The van der Waals surface area contributed by atoms with Gasteiger partial charge in [-0.2, -0.15) is 4.98 Å². The summed E-state index contributed by atoms with van der Waals surface area (Å²) in [6, 6.07) is 5.32. The zero-order valence-corrected chi connectivity index (χ0v) is 26.9. The summed E-state index contributed by atoms with van der Waals surface area (Å²) < 4.78 is 2.10. The van der Waals surface area contributed by atoms with Crippen molar-refractivity contribution in [2.75, 3.05) is 32.5 Å². The van der Waals surface area contributed by atoms with Crippen molar-refractivity contribution in [3.05, 3.63) is 41.9 Å². The summed E-state index contributed by atoms with van der Waals surface area (Å²) in [5.74, 6) is 0.639. The molecule has 12 heteroatoms. The molecule has 2 N–H and O–H groups in total. The summed E-state index contributed by atoms with van der Waals surface area (Å²) in [6.07, 6.45) is 10.5. The number of aromatic nitrogens is 4. The second-order valence-corrected chi connectivity index (χ2v) is 14.1. The monoisotopic (exact) mass is 616 g/mol. The van der Waals surface area contributed by atoms with E-state index >= 15 is 0 Å². The number of hydrogen-bond acceptors (Lipinski definition) is 7. The van der Waals surface area contributed by atoms with Gasteiger partial charge in [0.05, 0.1) is 17.1 Å². The van der Waals surface area contributed by atoms with Gasteiger partial charge in [-0.05, 0) is 49.3 Å². The van der Waals surface area contributed by atoms with Crippen molar-refractivity contribution in [3.8, 4) is 0 Å². The lowest BCUT2D eigenvalue weighted by molar-refractivity contribution is -0.0398. The van der Waals surface area contributed by atoms with E-state index in [-0.39, 0.29) is 29.3 Å². The normalized spacial score (nSPS) is 22.4. The van der Waals surface area contributed by atoms with Crippen molar-refractivity contribution in [2.24, 2.45) is 5.41 Å². The van der Waals surface area contributed by atoms with Crippen LogP contribution in [0.1, 0.15) is 99.0 Å². The first kappa shape index (κ1) is 30.8. The molecule has 3 aromatic heterocycles. The molecule has 0 radical (unpaired) electrons. The van der Waals surface area contributed by atoms with Crippen molar-refractivity contribution >= 4 is 40.7 Å². The number of nitrogens with one attached hydrogen (secondary N) is 1. The van der Waals surface area contributed by atoms with Crippen LogP contribution in [0.15, 0.2) is 30.6 Å². The average Bonchev–Trinajstić information content (AvgIpc) is 3.34. The highest BCUT2D eigenvalue weighted by molar-refractivity contribution is 5.98. The molecule has 6 rings (SSSR count). The highest BCUT2D eigenvalue weighted by Crippen LogP contribution is 2.49. The van der Waals surface area contributed by atoms with Crippen LogP contribution in [0.5, 0.6) is 0 Å². The minimum Gasteiger partial charge on any atom is -0.465 e. The van der Waals surface area contributed by atoms with Crippen LogP contribution >= 0.6 is 0 Å². The predicted octanol–water partition coefficient (Wildman–Crippen LogP) is 5.55. The molecule has 1 saturated carbocycles. The number of rotatable bonds is 5. The number of carbonyl (C=O) groups is 3. The fourth-order valence-corrected chi connectivity index (χ4v) is 7.67. The molecule has 2 bridgehead atoms. The Labute approximate surface area is 263 Å². The molecular weight excluding hydrogens is 572 g/mol. The number of hydrogen-bond donors (Lipinski definition) is 2. The lowest BCUT2D eigenvalue weighted by atomic mass is 9.71. The van der Waals surface area contributed by atoms with Crippen LogP contribution in [0.4, 0.5) is 16.6 Å². The Hall–Kier alpha value is -4.22. The van der Waals surface area contributed by atoms with Crippen LogP contribution in [0.3, 0.4) is 0 Å². The van der Waals surface area contributed by atoms with Crippen molar-refractivity contribution < 1.29 is 19.5 Å². The third-order valence-electron chi connectivity index (χ3n) is 10.1. The van der Waals surface area contributed by atoms with E-state index in [1.54, 1.807) is 53.3 Å². The molecule has 3 fully saturated rings. The Morgan fingerprint density at radius 3 is 2.36 bits per heavy atom. The standard InChI is InChI=1S/C33H44N8O4/c1-32(2,3)33-15-14-24(41(33)31(44)45)19-39(20-33)28(42)21-12-13-26(34-17-21)36-30-35-18-22-16-25(29(43)38(4)5)40(27(22)37-30)23-10-8-6-7-9-11-23/h12-13,16-18,23-24H,6-11,14-15,19-20H2,1-5H3,(H,44,45)(H,34,35,36,37). The molecule has 0 aromatic carbocycles. The number of fused-ring (bicyclic) bond motifs is 3. The SMILES string of the molecule is CN(C)C(=O)c1cc2cnc(Nc3ccc(C(=O)N4CC5CCC(C(C)(C)C)(C4)N5C(=O)O)cn3)nc2n1C1CCCCCC1. The lowest BCUT2D eigenvalue weighted by Gasteiger charge is -2.54. The number of amides is 3. The van der Waals surface area contributed by atoms with Crippen LogP contribution in [0.2, 0.25) is 0 Å². The first-order valence-corrected chi connectivity index (χ1v) is 16.0. The van der Waals surface area contributed by atoms with Gasteiger partial charge in [-0.15, -0.1) is 0 Å². The molecule has 12 nitrogen and oxygen atoms in total. The van der Waals surface area contributed by atoms with Gasteiger partial charge in [0.1, 0.15) is 17.2 Å². The molecular formula is C33H44N8O4. The zero-order chi connectivity index (χ0) is 32.1. The van der Waals surface area contributed by atoms with E-state index < -0.39 is 11.6 Å². The van der Waals surface area contributed by atoms with Crippen LogP contribution in [0.25, 0.3) is 11.0 Å². The molecule has 1 aliphatic carbocycles. The molecule has 2 unspecified atom stereocenters. The van der Waals surface area contributed by atoms with E-state index in [1.807, 2.05) is 6.07 Å². The van der Waals surface area contributed by atoms with Crippen LogP contribution in [-0.4, -0.2) is 96.0 Å². The molecule has 2 aliphatic heterocycles.